The third-order valence-corrected chi connectivity index (χ3v) is 9.48. The first-order valence-electron chi connectivity index (χ1n) is 14.2. The van der Waals surface area contributed by atoms with Crippen molar-refractivity contribution in [2.45, 2.75) is 56.1 Å². The van der Waals surface area contributed by atoms with Crippen molar-refractivity contribution in [3.8, 4) is 11.3 Å². The Bertz CT molecular complexity index is 1400. The Morgan fingerprint density at radius 1 is 1.00 bits per heavy atom. The molecule has 41 heavy (non-hydrogen) atoms. The molecule has 1 saturated carbocycles. The molecule has 3 aromatic rings. The van der Waals surface area contributed by atoms with Crippen LogP contribution in [0.5, 0.6) is 0 Å². The molecule has 0 radical (unpaired) electrons. The summed E-state index contributed by atoms with van der Waals surface area (Å²) in [7, 11) is -3.70. The van der Waals surface area contributed by atoms with Crippen molar-refractivity contribution in [2.75, 3.05) is 26.3 Å². The maximum atomic E-state index is 13.2. The second-order valence-electron chi connectivity index (χ2n) is 10.9. The van der Waals surface area contributed by atoms with Crippen molar-refractivity contribution in [3.63, 3.8) is 0 Å². The molecule has 8 nitrogen and oxygen atoms in total. The molecule has 2 N–H and O–H groups in total. The second-order valence-corrected chi connectivity index (χ2v) is 12.6. The van der Waals surface area contributed by atoms with E-state index in [1.54, 1.807) is 36.4 Å². The molecule has 1 saturated heterocycles. The number of pyridine rings is 1. The number of carbonyl (C=O) groups excluding carboxylic acids is 1. The summed E-state index contributed by atoms with van der Waals surface area (Å²) in [4.78, 5) is 19.9. The highest BCUT2D eigenvalue weighted by Gasteiger charge is 2.30. The topological polar surface area (TPSA) is 101 Å². The highest BCUT2D eigenvalue weighted by atomic mass is 32.2. The van der Waals surface area contributed by atoms with E-state index in [1.807, 2.05) is 19.2 Å². The summed E-state index contributed by atoms with van der Waals surface area (Å²) in [6.07, 6.45) is 4.24. The minimum atomic E-state index is -3.70. The van der Waals surface area contributed by atoms with E-state index in [4.69, 9.17) is 4.74 Å². The van der Waals surface area contributed by atoms with Gasteiger partial charge in [0.1, 0.15) is 5.82 Å². The van der Waals surface area contributed by atoms with Crippen LogP contribution in [-0.2, 0) is 26.1 Å². The average molecular weight is 581 g/mol. The van der Waals surface area contributed by atoms with E-state index in [9.17, 15) is 17.6 Å². The number of ether oxygens (including phenoxy) is 1. The number of carbonyl (C=O) groups is 1. The third-order valence-electron chi connectivity index (χ3n) is 7.94. The minimum absolute atomic E-state index is 0.0542. The van der Waals surface area contributed by atoms with Crippen LogP contribution < -0.4 is 10.0 Å². The second kappa shape index (κ2) is 13.2. The Hall–Kier alpha value is -3.18. The first kappa shape index (κ1) is 29.3. The quantitative estimate of drug-likeness (QED) is 0.388. The molecule has 1 aliphatic carbocycles. The summed E-state index contributed by atoms with van der Waals surface area (Å²) in [5.74, 6) is -0.543. The van der Waals surface area contributed by atoms with Gasteiger partial charge in [-0.3, -0.25) is 14.7 Å². The van der Waals surface area contributed by atoms with Gasteiger partial charge < -0.3 is 10.1 Å². The van der Waals surface area contributed by atoms with Gasteiger partial charge in [0.2, 0.25) is 15.9 Å². The number of nitrogens with one attached hydrogen (secondary N) is 2. The molecule has 0 unspecified atom stereocenters. The van der Waals surface area contributed by atoms with E-state index in [1.165, 1.54) is 12.1 Å². The Labute approximate surface area is 241 Å². The van der Waals surface area contributed by atoms with Gasteiger partial charge in [-0.1, -0.05) is 30.3 Å². The number of rotatable bonds is 9. The molecule has 10 heteroatoms. The van der Waals surface area contributed by atoms with Crippen LogP contribution in [0.4, 0.5) is 4.39 Å². The summed E-state index contributed by atoms with van der Waals surface area (Å²) >= 11 is 0. The predicted molar refractivity (Wildman–Crippen MR) is 155 cm³/mol. The Kier molecular flexibility index (Phi) is 9.44. The van der Waals surface area contributed by atoms with Gasteiger partial charge in [-0.15, -0.1) is 0 Å². The summed E-state index contributed by atoms with van der Waals surface area (Å²) in [5, 5.41) is 3.00. The van der Waals surface area contributed by atoms with Crippen LogP contribution in [0.2, 0.25) is 0 Å². The van der Waals surface area contributed by atoms with Crippen LogP contribution in [0.1, 0.15) is 49.8 Å². The molecular formula is C31H37FN4O4S. The average Bonchev–Trinajstić information content (AvgIpc) is 2.98. The Morgan fingerprint density at radius 2 is 1.68 bits per heavy atom. The zero-order chi connectivity index (χ0) is 28.8. The highest BCUT2D eigenvalue weighted by molar-refractivity contribution is 7.89. The van der Waals surface area contributed by atoms with E-state index in [0.29, 0.717) is 25.7 Å². The van der Waals surface area contributed by atoms with Gasteiger partial charge in [0, 0.05) is 43.4 Å². The van der Waals surface area contributed by atoms with Crippen LogP contribution in [0.3, 0.4) is 0 Å². The molecule has 1 aliphatic heterocycles. The number of halogens is 1. The van der Waals surface area contributed by atoms with Crippen molar-refractivity contribution >= 4 is 15.9 Å². The molecule has 2 fully saturated rings. The van der Waals surface area contributed by atoms with Crippen molar-refractivity contribution in [1.82, 2.24) is 19.9 Å². The number of morpholine rings is 1. The first-order chi connectivity index (χ1) is 19.8. The van der Waals surface area contributed by atoms with Crippen LogP contribution >= 0.6 is 0 Å². The molecule has 1 amide bonds. The molecule has 0 spiro atoms. The molecular weight excluding hydrogens is 543 g/mol. The van der Waals surface area contributed by atoms with Gasteiger partial charge in [-0.05, 0) is 74.1 Å². The number of nitrogens with zero attached hydrogens (tertiary/aromatic N) is 2. The number of hydrogen-bond acceptors (Lipinski definition) is 6. The standard InChI is InChI=1S/C31H37FN4O4S/c1-22(24-3-9-27(32)10-4-24)34-31(37)26-5-11-28(12-6-26)35-41(38,39)29-13-7-25(8-14-29)30-15-2-23(20-33-30)21-36-16-18-40-19-17-36/h2-4,7-10,13-15,20,22,26,28,35H,5-6,11-12,16-19,21H2,1H3,(H,34,37)/t22-,26?,28?/m1/s1. The van der Waals surface area contributed by atoms with E-state index in [2.05, 4.69) is 26.0 Å². The summed E-state index contributed by atoms with van der Waals surface area (Å²) in [6, 6.07) is 16.4. The number of benzene rings is 2. The first-order valence-corrected chi connectivity index (χ1v) is 15.7. The summed E-state index contributed by atoms with van der Waals surface area (Å²) < 4.78 is 47.6. The largest absolute Gasteiger partial charge is 0.379 e. The Balaban J connectivity index is 1.11. The molecule has 5 rings (SSSR count). The van der Waals surface area contributed by atoms with Gasteiger partial charge in [0.25, 0.3) is 0 Å². The van der Waals surface area contributed by atoms with E-state index < -0.39 is 10.0 Å². The number of hydrogen-bond donors (Lipinski definition) is 2. The maximum Gasteiger partial charge on any atom is 0.240 e. The van der Waals surface area contributed by atoms with Gasteiger partial charge in [-0.25, -0.2) is 17.5 Å². The maximum absolute atomic E-state index is 13.2. The fraction of sp³-hybridized carbons (Fsp3) is 0.419. The van der Waals surface area contributed by atoms with Crippen LogP contribution in [0.15, 0.2) is 71.8 Å². The van der Waals surface area contributed by atoms with Crippen molar-refractivity contribution in [3.05, 3.63) is 83.8 Å². The minimum Gasteiger partial charge on any atom is -0.379 e. The number of amides is 1. The van der Waals surface area contributed by atoms with Gasteiger partial charge in [0.15, 0.2) is 0 Å². The lowest BCUT2D eigenvalue weighted by molar-refractivity contribution is -0.126. The lowest BCUT2D eigenvalue weighted by Crippen LogP contribution is -2.41. The van der Waals surface area contributed by atoms with Gasteiger partial charge in [0.05, 0.1) is 29.8 Å². The monoisotopic (exact) mass is 580 g/mol. The zero-order valence-corrected chi connectivity index (χ0v) is 24.1. The molecule has 218 valence electrons. The molecule has 2 aliphatic rings. The van der Waals surface area contributed by atoms with E-state index >= 15 is 0 Å². The van der Waals surface area contributed by atoms with E-state index in [-0.39, 0.29) is 34.6 Å². The van der Waals surface area contributed by atoms with Crippen molar-refractivity contribution in [2.24, 2.45) is 5.92 Å². The smallest absolute Gasteiger partial charge is 0.240 e. The fourth-order valence-corrected chi connectivity index (χ4v) is 6.74. The van der Waals surface area contributed by atoms with Crippen LogP contribution in [0.25, 0.3) is 11.3 Å². The van der Waals surface area contributed by atoms with Crippen LogP contribution in [-0.4, -0.2) is 56.6 Å². The molecule has 0 bridgehead atoms. The molecule has 2 heterocycles. The SMILES string of the molecule is C[C@@H](NC(=O)C1CCC(NS(=O)(=O)c2ccc(-c3ccc(CN4CCOCC4)cn3)cc2)CC1)c1ccc(F)cc1. The molecule has 2 aromatic carbocycles. The predicted octanol–water partition coefficient (Wildman–Crippen LogP) is 4.43. The lowest BCUT2D eigenvalue weighted by Gasteiger charge is -2.29. The lowest BCUT2D eigenvalue weighted by atomic mass is 9.85. The number of aromatic nitrogens is 1. The van der Waals surface area contributed by atoms with Crippen molar-refractivity contribution < 1.29 is 22.3 Å². The summed E-state index contributed by atoms with van der Waals surface area (Å²) in [5.41, 5.74) is 3.61. The van der Waals surface area contributed by atoms with Crippen molar-refractivity contribution in [1.29, 1.82) is 0 Å². The zero-order valence-electron chi connectivity index (χ0n) is 23.3. The van der Waals surface area contributed by atoms with Gasteiger partial charge in [-0.2, -0.15) is 0 Å². The highest BCUT2D eigenvalue weighted by Crippen LogP contribution is 2.27. The normalized spacial score (nSPS) is 20.8. The van der Waals surface area contributed by atoms with Crippen LogP contribution in [0, 0.1) is 11.7 Å². The fourth-order valence-electron chi connectivity index (χ4n) is 5.44. The summed E-state index contributed by atoms with van der Waals surface area (Å²) in [6.45, 7) is 6.05. The molecule has 1 atom stereocenters. The number of sulfonamides is 1. The third kappa shape index (κ3) is 7.77. The molecule has 1 aromatic heterocycles. The Morgan fingerprint density at radius 3 is 2.32 bits per heavy atom. The van der Waals surface area contributed by atoms with Gasteiger partial charge >= 0.3 is 0 Å². The van der Waals surface area contributed by atoms with E-state index in [0.717, 1.165) is 55.2 Å².